The molecular weight excluding hydrogens is 503 g/mol. The highest BCUT2D eigenvalue weighted by Crippen LogP contribution is 2.66. The Balaban J connectivity index is 1.32. The van der Waals surface area contributed by atoms with Gasteiger partial charge in [0.15, 0.2) is 0 Å². The van der Waals surface area contributed by atoms with Crippen molar-refractivity contribution in [1.82, 2.24) is 0 Å². The average Bonchev–Trinajstić information content (AvgIpc) is 3.37. The zero-order chi connectivity index (χ0) is 28.2. The van der Waals surface area contributed by atoms with Crippen LogP contribution in [0.15, 0.2) is 54.6 Å². The molecule has 2 fully saturated rings. The molecule has 4 atom stereocenters. The summed E-state index contributed by atoms with van der Waals surface area (Å²) in [6, 6.07) is 17.4. The molecule has 2 saturated carbocycles. The number of carboxylic acid groups (broad SMARTS) is 1. The molecule has 0 bridgehead atoms. The van der Waals surface area contributed by atoms with E-state index in [0.717, 1.165) is 48.1 Å². The van der Waals surface area contributed by atoms with Gasteiger partial charge < -0.3 is 14.6 Å². The van der Waals surface area contributed by atoms with Gasteiger partial charge in [-0.1, -0.05) is 57.9 Å². The highest BCUT2D eigenvalue weighted by Gasteiger charge is 2.68. The lowest BCUT2D eigenvalue weighted by Crippen LogP contribution is -2.26. The summed E-state index contributed by atoms with van der Waals surface area (Å²) in [6.07, 6.45) is 6.42. The minimum Gasteiger partial charge on any atom is -0.497 e. The maximum atomic E-state index is 15.2. The van der Waals surface area contributed by atoms with E-state index in [1.54, 1.807) is 19.2 Å². The summed E-state index contributed by atoms with van der Waals surface area (Å²) < 4.78 is 26.9. The van der Waals surface area contributed by atoms with Crippen LogP contribution in [-0.2, 0) is 23.2 Å². The van der Waals surface area contributed by atoms with E-state index in [-0.39, 0.29) is 28.5 Å². The smallest absolute Gasteiger partial charge is 0.307 e. The summed E-state index contributed by atoms with van der Waals surface area (Å²) >= 11 is 0. The molecule has 3 aromatic carbocycles. The quantitative estimate of drug-likeness (QED) is 0.326. The number of halogens is 1. The zero-order valence-electron chi connectivity index (χ0n) is 23.9. The molecule has 4 nitrogen and oxygen atoms in total. The molecule has 0 saturated heterocycles. The third-order valence-corrected chi connectivity index (χ3v) is 10.3. The molecule has 0 aromatic heterocycles. The van der Waals surface area contributed by atoms with E-state index in [4.69, 9.17) is 9.47 Å². The van der Waals surface area contributed by atoms with E-state index in [1.807, 2.05) is 18.2 Å². The number of benzene rings is 3. The van der Waals surface area contributed by atoms with Gasteiger partial charge in [0.1, 0.15) is 23.9 Å². The van der Waals surface area contributed by atoms with Gasteiger partial charge in [-0.25, -0.2) is 4.39 Å². The molecule has 6 rings (SSSR count). The Labute approximate surface area is 236 Å². The lowest BCUT2D eigenvalue weighted by molar-refractivity contribution is -0.139. The number of ether oxygens (including phenoxy) is 2. The number of aryl methyl sites for hydroxylation is 1. The molecule has 0 radical (unpaired) electrons. The number of carboxylic acids is 1. The van der Waals surface area contributed by atoms with Crippen molar-refractivity contribution in [3.63, 3.8) is 0 Å². The predicted octanol–water partition coefficient (Wildman–Crippen LogP) is 8.30. The SMILES string of the molecule is COc1ccc(F)c(-c2ccc(COc3ccc4c(c3)C3(CC4)C(C)C3C(=O)O)cc2C2CCCCC2(C)C)c1. The Hall–Kier alpha value is -3.34. The number of carbonyl (C=O) groups is 1. The molecule has 5 heteroatoms. The summed E-state index contributed by atoms with van der Waals surface area (Å²) in [4.78, 5) is 11.9. The van der Waals surface area contributed by atoms with E-state index < -0.39 is 5.97 Å². The number of aliphatic carboxylic acids is 1. The number of hydrogen-bond donors (Lipinski definition) is 1. The topological polar surface area (TPSA) is 55.8 Å². The Bertz CT molecular complexity index is 1460. The fourth-order valence-corrected chi connectivity index (χ4v) is 7.94. The van der Waals surface area contributed by atoms with E-state index in [1.165, 1.54) is 30.0 Å². The van der Waals surface area contributed by atoms with Crippen LogP contribution in [0, 0.1) is 23.1 Å². The first-order chi connectivity index (χ1) is 19.2. The molecule has 40 heavy (non-hydrogen) atoms. The van der Waals surface area contributed by atoms with Gasteiger partial charge in [-0.15, -0.1) is 0 Å². The summed E-state index contributed by atoms with van der Waals surface area (Å²) in [5, 5.41) is 9.76. The number of fused-ring (bicyclic) bond motifs is 2. The van der Waals surface area contributed by atoms with Gasteiger partial charge in [-0.05, 0) is 101 Å². The lowest BCUT2D eigenvalue weighted by atomic mass is 9.65. The summed E-state index contributed by atoms with van der Waals surface area (Å²) in [7, 11) is 1.61. The van der Waals surface area contributed by atoms with E-state index in [9.17, 15) is 9.90 Å². The number of methoxy groups -OCH3 is 1. The molecular formula is C35H39FO4. The van der Waals surface area contributed by atoms with Gasteiger partial charge in [-0.3, -0.25) is 4.79 Å². The van der Waals surface area contributed by atoms with Crippen molar-refractivity contribution in [2.75, 3.05) is 7.11 Å². The molecule has 3 aromatic rings. The monoisotopic (exact) mass is 542 g/mol. The number of rotatable bonds is 7. The Kier molecular flexibility index (Phi) is 6.67. The van der Waals surface area contributed by atoms with Gasteiger partial charge in [0, 0.05) is 11.0 Å². The third-order valence-electron chi connectivity index (χ3n) is 10.3. The fourth-order valence-electron chi connectivity index (χ4n) is 7.94. The molecule has 0 aliphatic heterocycles. The highest BCUT2D eigenvalue weighted by molar-refractivity contribution is 5.79. The van der Waals surface area contributed by atoms with Crippen molar-refractivity contribution in [3.8, 4) is 22.6 Å². The fraction of sp³-hybridized carbons (Fsp3) is 0.457. The van der Waals surface area contributed by atoms with Crippen LogP contribution in [0.1, 0.15) is 81.0 Å². The summed E-state index contributed by atoms with van der Waals surface area (Å²) in [6.45, 7) is 7.11. The van der Waals surface area contributed by atoms with Gasteiger partial charge in [0.2, 0.25) is 0 Å². The van der Waals surface area contributed by atoms with E-state index in [2.05, 4.69) is 39.0 Å². The van der Waals surface area contributed by atoms with Gasteiger partial charge >= 0.3 is 5.97 Å². The van der Waals surface area contributed by atoms with Crippen LogP contribution in [0.25, 0.3) is 11.1 Å². The Morgan fingerprint density at radius 1 is 1.00 bits per heavy atom. The van der Waals surface area contributed by atoms with Crippen LogP contribution >= 0.6 is 0 Å². The lowest BCUT2D eigenvalue weighted by Gasteiger charge is -2.40. The molecule has 1 spiro atoms. The van der Waals surface area contributed by atoms with Crippen LogP contribution in [0.5, 0.6) is 11.5 Å². The summed E-state index contributed by atoms with van der Waals surface area (Å²) in [5.41, 5.74) is 5.96. The van der Waals surface area contributed by atoms with Crippen LogP contribution in [0.2, 0.25) is 0 Å². The molecule has 3 aliphatic carbocycles. The first-order valence-electron chi connectivity index (χ1n) is 14.6. The zero-order valence-corrected chi connectivity index (χ0v) is 23.9. The molecule has 1 N–H and O–H groups in total. The van der Waals surface area contributed by atoms with Crippen LogP contribution in [-0.4, -0.2) is 18.2 Å². The van der Waals surface area contributed by atoms with Crippen molar-refractivity contribution in [2.45, 2.75) is 77.2 Å². The first-order valence-corrected chi connectivity index (χ1v) is 14.6. The summed E-state index contributed by atoms with van der Waals surface area (Å²) in [5.74, 6) is 0.611. The average molecular weight is 543 g/mol. The van der Waals surface area contributed by atoms with Gasteiger partial charge in [-0.2, -0.15) is 0 Å². The van der Waals surface area contributed by atoms with Gasteiger partial charge in [0.25, 0.3) is 0 Å². The molecule has 4 unspecified atom stereocenters. The van der Waals surface area contributed by atoms with Crippen molar-refractivity contribution < 1.29 is 23.8 Å². The van der Waals surface area contributed by atoms with Crippen molar-refractivity contribution in [3.05, 3.63) is 82.7 Å². The maximum absolute atomic E-state index is 15.2. The maximum Gasteiger partial charge on any atom is 0.307 e. The predicted molar refractivity (Wildman–Crippen MR) is 154 cm³/mol. The molecule has 210 valence electrons. The van der Waals surface area contributed by atoms with Crippen LogP contribution in [0.3, 0.4) is 0 Å². The first kappa shape index (κ1) is 26.9. The van der Waals surface area contributed by atoms with E-state index in [0.29, 0.717) is 23.8 Å². The van der Waals surface area contributed by atoms with E-state index >= 15 is 4.39 Å². The second-order valence-electron chi connectivity index (χ2n) is 12.8. The van der Waals surface area contributed by atoms with Crippen molar-refractivity contribution in [2.24, 2.45) is 17.3 Å². The second kappa shape index (κ2) is 9.94. The third kappa shape index (κ3) is 4.38. The molecule has 3 aliphatic rings. The Morgan fingerprint density at radius 3 is 2.52 bits per heavy atom. The highest BCUT2D eigenvalue weighted by atomic mass is 19.1. The molecule has 0 heterocycles. The largest absolute Gasteiger partial charge is 0.497 e. The van der Waals surface area contributed by atoms with Crippen molar-refractivity contribution >= 4 is 5.97 Å². The standard InChI is InChI=1S/C35H39FO4/c1-21-32(33(37)38)35(21)16-14-23-9-10-25(19-30(23)35)40-20-22-8-12-26(28-18-24(39-4)11-13-31(28)36)27(17-22)29-7-5-6-15-34(29,2)3/h8-13,17-19,21,29,32H,5-7,14-16,20H2,1-4H3,(H,37,38). The Morgan fingerprint density at radius 2 is 1.80 bits per heavy atom. The second-order valence-corrected chi connectivity index (χ2v) is 12.8. The minimum absolute atomic E-state index is 0.109. The van der Waals surface area contributed by atoms with Crippen LogP contribution < -0.4 is 9.47 Å². The normalized spacial score (nSPS) is 26.4. The number of hydrogen-bond acceptors (Lipinski definition) is 3. The van der Waals surface area contributed by atoms with Crippen molar-refractivity contribution in [1.29, 1.82) is 0 Å². The minimum atomic E-state index is -0.697. The van der Waals surface area contributed by atoms with Gasteiger partial charge in [0.05, 0.1) is 13.0 Å². The van der Waals surface area contributed by atoms with Crippen LogP contribution in [0.4, 0.5) is 4.39 Å². The molecule has 0 amide bonds.